The second kappa shape index (κ2) is 9.91. The number of rotatable bonds is 7. The Hall–Kier alpha value is -2.26. The summed E-state index contributed by atoms with van der Waals surface area (Å²) in [6.45, 7) is 1.93. The summed E-state index contributed by atoms with van der Waals surface area (Å²) in [6.07, 6.45) is 3.55. The van der Waals surface area contributed by atoms with Crippen LogP contribution in [-0.4, -0.2) is 42.1 Å². The van der Waals surface area contributed by atoms with Gasteiger partial charge in [0.1, 0.15) is 0 Å². The van der Waals surface area contributed by atoms with Gasteiger partial charge in [-0.15, -0.1) is 11.3 Å². The van der Waals surface area contributed by atoms with Crippen LogP contribution in [0.4, 0.5) is 5.69 Å². The summed E-state index contributed by atoms with van der Waals surface area (Å²) in [7, 11) is -3.44. The standard InChI is InChI=1S/C23H27N3O3S2/c27-17-7-16-26-22(18-30-23(26)24-20-8-3-1-4-9-20)19-10-12-21(13-11-19)31(28,29)25-14-5-2-6-15-25/h1,3-4,8-13,18,27H,2,5-7,14-17H2. The molecule has 1 N–H and O–H groups in total. The number of hydrogen-bond donors (Lipinski definition) is 1. The van der Waals surface area contributed by atoms with Crippen LogP contribution in [0.3, 0.4) is 0 Å². The predicted octanol–water partition coefficient (Wildman–Crippen LogP) is 4.01. The fraction of sp³-hybridized carbons (Fsp3) is 0.348. The first kappa shape index (κ1) is 22.0. The number of aliphatic hydroxyl groups is 1. The number of sulfonamides is 1. The van der Waals surface area contributed by atoms with Crippen molar-refractivity contribution >= 4 is 27.0 Å². The maximum atomic E-state index is 12.9. The maximum absolute atomic E-state index is 12.9. The molecule has 31 heavy (non-hydrogen) atoms. The lowest BCUT2D eigenvalue weighted by molar-refractivity contribution is 0.279. The van der Waals surface area contributed by atoms with Crippen LogP contribution < -0.4 is 4.80 Å². The van der Waals surface area contributed by atoms with Crippen LogP contribution in [0.15, 0.2) is 69.9 Å². The molecule has 0 amide bonds. The highest BCUT2D eigenvalue weighted by Gasteiger charge is 2.25. The minimum Gasteiger partial charge on any atom is -0.396 e. The van der Waals surface area contributed by atoms with Crippen LogP contribution in [0.2, 0.25) is 0 Å². The van der Waals surface area contributed by atoms with Gasteiger partial charge in [-0.05, 0) is 49.1 Å². The van der Waals surface area contributed by atoms with Crippen LogP contribution in [0.5, 0.6) is 0 Å². The van der Waals surface area contributed by atoms with E-state index in [0.29, 0.717) is 31.0 Å². The van der Waals surface area contributed by atoms with E-state index in [0.717, 1.165) is 41.0 Å². The lowest BCUT2D eigenvalue weighted by Crippen LogP contribution is -2.35. The Bertz CT molecular complexity index is 1160. The first-order valence-electron chi connectivity index (χ1n) is 10.6. The average molecular weight is 458 g/mol. The van der Waals surface area contributed by atoms with Crippen LogP contribution in [0.1, 0.15) is 25.7 Å². The number of nitrogens with zero attached hydrogens (tertiary/aromatic N) is 3. The third kappa shape index (κ3) is 4.98. The van der Waals surface area contributed by atoms with Gasteiger partial charge in [-0.2, -0.15) is 4.31 Å². The molecule has 0 saturated carbocycles. The van der Waals surface area contributed by atoms with Crippen molar-refractivity contribution in [1.82, 2.24) is 8.87 Å². The monoisotopic (exact) mass is 457 g/mol. The van der Waals surface area contributed by atoms with Crippen molar-refractivity contribution in [3.8, 4) is 11.3 Å². The van der Waals surface area contributed by atoms with Crippen molar-refractivity contribution in [2.24, 2.45) is 4.99 Å². The van der Waals surface area contributed by atoms with Gasteiger partial charge in [-0.3, -0.25) is 0 Å². The number of thiazole rings is 1. The first-order valence-corrected chi connectivity index (χ1v) is 12.9. The molecule has 1 fully saturated rings. The molecule has 0 radical (unpaired) electrons. The zero-order valence-electron chi connectivity index (χ0n) is 17.4. The lowest BCUT2D eigenvalue weighted by Gasteiger charge is -2.25. The van der Waals surface area contributed by atoms with Crippen LogP contribution in [0.25, 0.3) is 11.3 Å². The van der Waals surface area contributed by atoms with Gasteiger partial charge in [-0.25, -0.2) is 13.4 Å². The van der Waals surface area contributed by atoms with Gasteiger partial charge < -0.3 is 9.67 Å². The highest BCUT2D eigenvalue weighted by molar-refractivity contribution is 7.89. The van der Waals surface area contributed by atoms with E-state index in [1.807, 2.05) is 47.8 Å². The average Bonchev–Trinajstić information content (AvgIpc) is 3.21. The number of aliphatic hydroxyl groups excluding tert-OH is 1. The molecule has 0 aliphatic carbocycles. The summed E-state index contributed by atoms with van der Waals surface area (Å²) in [5, 5.41) is 11.4. The topological polar surface area (TPSA) is 74.9 Å². The van der Waals surface area contributed by atoms with E-state index < -0.39 is 10.0 Å². The molecule has 8 heteroatoms. The molecule has 2 heterocycles. The van der Waals surface area contributed by atoms with E-state index in [1.54, 1.807) is 16.4 Å². The van der Waals surface area contributed by atoms with Crippen LogP contribution in [0, 0.1) is 0 Å². The van der Waals surface area contributed by atoms with E-state index in [9.17, 15) is 13.5 Å². The van der Waals surface area contributed by atoms with Gasteiger partial charge >= 0.3 is 0 Å². The molecule has 0 atom stereocenters. The zero-order chi connectivity index (χ0) is 21.7. The minimum absolute atomic E-state index is 0.0973. The van der Waals surface area contributed by atoms with E-state index in [-0.39, 0.29) is 6.61 Å². The Morgan fingerprint density at radius 2 is 1.68 bits per heavy atom. The van der Waals surface area contributed by atoms with Crippen molar-refractivity contribution in [3.05, 3.63) is 64.8 Å². The van der Waals surface area contributed by atoms with Gasteiger partial charge in [0.05, 0.1) is 16.3 Å². The van der Waals surface area contributed by atoms with E-state index >= 15 is 0 Å². The number of para-hydroxylation sites is 1. The minimum atomic E-state index is -3.44. The largest absolute Gasteiger partial charge is 0.396 e. The highest BCUT2D eigenvalue weighted by Crippen LogP contribution is 2.25. The summed E-state index contributed by atoms with van der Waals surface area (Å²) < 4.78 is 29.5. The number of benzene rings is 2. The summed E-state index contributed by atoms with van der Waals surface area (Å²) in [5.41, 5.74) is 2.77. The van der Waals surface area contributed by atoms with Crippen molar-refractivity contribution in [3.63, 3.8) is 0 Å². The summed E-state index contributed by atoms with van der Waals surface area (Å²) in [5.74, 6) is 0. The molecule has 0 spiro atoms. The third-order valence-corrected chi connectivity index (χ3v) is 8.20. The Morgan fingerprint density at radius 3 is 2.35 bits per heavy atom. The van der Waals surface area contributed by atoms with Crippen LogP contribution in [-0.2, 0) is 16.6 Å². The van der Waals surface area contributed by atoms with Gasteiger partial charge in [0, 0.05) is 31.6 Å². The molecule has 1 aliphatic heterocycles. The van der Waals surface area contributed by atoms with Crippen molar-refractivity contribution in [1.29, 1.82) is 0 Å². The lowest BCUT2D eigenvalue weighted by atomic mass is 10.2. The fourth-order valence-electron chi connectivity index (χ4n) is 3.76. The van der Waals surface area contributed by atoms with Crippen molar-refractivity contribution < 1.29 is 13.5 Å². The smallest absolute Gasteiger partial charge is 0.243 e. The Balaban J connectivity index is 1.67. The quantitative estimate of drug-likeness (QED) is 0.583. The zero-order valence-corrected chi connectivity index (χ0v) is 19.0. The van der Waals surface area contributed by atoms with E-state index in [1.165, 1.54) is 11.3 Å². The summed E-state index contributed by atoms with van der Waals surface area (Å²) in [6, 6.07) is 16.9. The predicted molar refractivity (Wildman–Crippen MR) is 124 cm³/mol. The van der Waals surface area contributed by atoms with Gasteiger partial charge in [0.25, 0.3) is 0 Å². The molecule has 6 nitrogen and oxygen atoms in total. The molecule has 2 aromatic carbocycles. The molecule has 0 bridgehead atoms. The van der Waals surface area contributed by atoms with Gasteiger partial charge in [0.15, 0.2) is 4.80 Å². The Labute approximate surface area is 187 Å². The molecule has 1 aliphatic rings. The molecule has 0 unspecified atom stereocenters. The van der Waals surface area contributed by atoms with Gasteiger partial charge in [-0.1, -0.05) is 36.8 Å². The SMILES string of the molecule is O=S(=O)(c1ccc(-c2csc(=Nc3ccccc3)n2CCCO)cc1)N1CCCCC1. The van der Waals surface area contributed by atoms with Crippen molar-refractivity contribution in [2.45, 2.75) is 37.1 Å². The van der Waals surface area contributed by atoms with E-state index in [4.69, 9.17) is 4.99 Å². The molecule has 3 aromatic rings. The molecule has 164 valence electrons. The number of hydrogen-bond acceptors (Lipinski definition) is 5. The van der Waals surface area contributed by atoms with E-state index in [2.05, 4.69) is 4.57 Å². The normalized spacial score (nSPS) is 16.0. The Morgan fingerprint density at radius 1 is 0.968 bits per heavy atom. The van der Waals surface area contributed by atoms with Gasteiger partial charge in [0.2, 0.25) is 10.0 Å². The molecule has 4 rings (SSSR count). The molecular formula is C23H27N3O3S2. The number of piperidine rings is 1. The van der Waals surface area contributed by atoms with Crippen LogP contribution >= 0.6 is 11.3 Å². The fourth-order valence-corrected chi connectivity index (χ4v) is 6.23. The number of aromatic nitrogens is 1. The molecule has 1 saturated heterocycles. The van der Waals surface area contributed by atoms with Crippen molar-refractivity contribution in [2.75, 3.05) is 19.7 Å². The Kier molecular flexibility index (Phi) is 7.02. The molecule has 1 aromatic heterocycles. The third-order valence-electron chi connectivity index (χ3n) is 5.42. The molecular weight excluding hydrogens is 430 g/mol. The maximum Gasteiger partial charge on any atom is 0.243 e. The second-order valence-electron chi connectivity index (χ2n) is 7.57. The first-order chi connectivity index (χ1) is 15.1. The second-order valence-corrected chi connectivity index (χ2v) is 10.3. The highest BCUT2D eigenvalue weighted by atomic mass is 32.2. The summed E-state index contributed by atoms with van der Waals surface area (Å²) in [4.78, 5) is 5.94. The summed E-state index contributed by atoms with van der Waals surface area (Å²) >= 11 is 1.54.